The molecule has 0 saturated carbocycles. The third kappa shape index (κ3) is 5.18. The number of hydrogen-bond acceptors (Lipinski definition) is 4. The third-order valence-corrected chi connectivity index (χ3v) is 5.93. The van der Waals surface area contributed by atoms with Gasteiger partial charge in [0.25, 0.3) is 0 Å². The third-order valence-electron chi connectivity index (χ3n) is 5.93. The molecule has 0 aliphatic carbocycles. The van der Waals surface area contributed by atoms with Gasteiger partial charge in [0.05, 0.1) is 23.4 Å². The number of halogens is 3. The molecule has 1 aliphatic rings. The lowest BCUT2D eigenvalue weighted by atomic mass is 10.1. The molecule has 1 aromatic carbocycles. The van der Waals surface area contributed by atoms with Crippen molar-refractivity contribution in [2.24, 2.45) is 0 Å². The molecule has 0 bridgehead atoms. The summed E-state index contributed by atoms with van der Waals surface area (Å²) in [5, 5.41) is 7.31. The quantitative estimate of drug-likeness (QED) is 0.598. The van der Waals surface area contributed by atoms with Crippen LogP contribution in [-0.4, -0.2) is 33.8 Å². The van der Waals surface area contributed by atoms with E-state index in [1.807, 2.05) is 12.1 Å². The molecule has 33 heavy (non-hydrogen) atoms. The van der Waals surface area contributed by atoms with Gasteiger partial charge in [-0.1, -0.05) is 6.07 Å². The molecule has 0 atom stereocenters. The summed E-state index contributed by atoms with van der Waals surface area (Å²) in [6, 6.07) is 8.88. The Morgan fingerprint density at radius 2 is 1.88 bits per heavy atom. The molecule has 174 valence electrons. The summed E-state index contributed by atoms with van der Waals surface area (Å²) in [5.74, 6) is 0.748. The zero-order valence-electron chi connectivity index (χ0n) is 18.6. The molecular weight excluding hydrogens is 431 g/mol. The molecule has 6 nitrogen and oxygen atoms in total. The molecule has 9 heteroatoms. The first-order chi connectivity index (χ1) is 15.7. The van der Waals surface area contributed by atoms with Gasteiger partial charge in [0.1, 0.15) is 5.82 Å². The average molecular weight is 458 g/mol. The lowest BCUT2D eigenvalue weighted by Crippen LogP contribution is -2.25. The van der Waals surface area contributed by atoms with Gasteiger partial charge in [0.2, 0.25) is 5.91 Å². The predicted molar refractivity (Wildman–Crippen MR) is 119 cm³/mol. The van der Waals surface area contributed by atoms with E-state index in [9.17, 15) is 18.0 Å². The second-order valence-electron chi connectivity index (χ2n) is 8.28. The minimum atomic E-state index is -4.43. The van der Waals surface area contributed by atoms with Crippen LogP contribution in [0, 0.1) is 13.8 Å². The monoisotopic (exact) mass is 457 g/mol. The molecular formula is C24H26F3N5O. The van der Waals surface area contributed by atoms with Crippen LogP contribution >= 0.6 is 0 Å². The number of carbonyl (C=O) groups is 1. The van der Waals surface area contributed by atoms with Crippen molar-refractivity contribution < 1.29 is 18.0 Å². The van der Waals surface area contributed by atoms with Gasteiger partial charge < -0.3 is 10.2 Å². The highest BCUT2D eigenvalue weighted by Gasteiger charge is 2.30. The number of anilines is 1. The lowest BCUT2D eigenvalue weighted by molar-refractivity contribution is -0.137. The summed E-state index contributed by atoms with van der Waals surface area (Å²) in [5.41, 5.74) is 2.49. The Kier molecular flexibility index (Phi) is 6.40. The van der Waals surface area contributed by atoms with E-state index in [0.717, 1.165) is 49.4 Å². The van der Waals surface area contributed by atoms with E-state index in [2.05, 4.69) is 20.3 Å². The lowest BCUT2D eigenvalue weighted by Gasteiger charge is -2.17. The highest BCUT2D eigenvalue weighted by atomic mass is 19.4. The molecule has 1 N–H and O–H groups in total. The Morgan fingerprint density at radius 3 is 2.61 bits per heavy atom. The summed E-state index contributed by atoms with van der Waals surface area (Å²) in [4.78, 5) is 19.3. The van der Waals surface area contributed by atoms with Crippen molar-refractivity contribution in [3.63, 3.8) is 0 Å². The molecule has 0 spiro atoms. The summed E-state index contributed by atoms with van der Waals surface area (Å²) in [7, 11) is 0. The fourth-order valence-corrected chi connectivity index (χ4v) is 4.11. The Hall–Kier alpha value is -3.36. The molecule has 0 radical (unpaired) electrons. The second-order valence-corrected chi connectivity index (χ2v) is 8.28. The first kappa shape index (κ1) is 22.8. The van der Waals surface area contributed by atoms with Crippen LogP contribution in [0.4, 0.5) is 19.0 Å². The van der Waals surface area contributed by atoms with E-state index < -0.39 is 11.7 Å². The number of benzene rings is 1. The van der Waals surface area contributed by atoms with Crippen molar-refractivity contribution in [2.75, 3.05) is 18.0 Å². The number of nitrogens with zero attached hydrogens (tertiary/aromatic N) is 4. The first-order valence-electron chi connectivity index (χ1n) is 10.9. The SMILES string of the molecule is Cc1nn(-c2cccc(C(F)(F)F)c2)c(C)c1CC(=O)NCc1ccnc(N2CCCC2)c1. The summed E-state index contributed by atoms with van der Waals surface area (Å²) < 4.78 is 40.7. The smallest absolute Gasteiger partial charge is 0.357 e. The number of hydrogen-bond donors (Lipinski definition) is 1. The van der Waals surface area contributed by atoms with Crippen molar-refractivity contribution in [1.29, 1.82) is 0 Å². The number of alkyl halides is 3. The number of pyridine rings is 1. The fraction of sp³-hybridized carbons (Fsp3) is 0.375. The molecule has 1 amide bonds. The molecule has 3 aromatic rings. The standard InChI is InChI=1S/C24H26F3N5O/c1-16-21(17(2)32(30-16)20-7-5-6-19(13-20)24(25,26)27)14-23(33)29-15-18-8-9-28-22(12-18)31-10-3-4-11-31/h5-9,12-13H,3-4,10-11,14-15H2,1-2H3,(H,29,33). The largest absolute Gasteiger partial charge is 0.416 e. The number of amides is 1. The summed E-state index contributed by atoms with van der Waals surface area (Å²) in [6.45, 7) is 5.88. The number of rotatable bonds is 6. The van der Waals surface area contributed by atoms with Crippen molar-refractivity contribution in [1.82, 2.24) is 20.1 Å². The van der Waals surface area contributed by atoms with Crippen LogP contribution in [0.2, 0.25) is 0 Å². The summed E-state index contributed by atoms with van der Waals surface area (Å²) >= 11 is 0. The first-order valence-corrected chi connectivity index (χ1v) is 10.9. The van der Waals surface area contributed by atoms with Gasteiger partial charge in [-0.05, 0) is 62.6 Å². The molecule has 1 fully saturated rings. The van der Waals surface area contributed by atoms with E-state index in [1.165, 1.54) is 10.7 Å². The average Bonchev–Trinajstić information content (AvgIpc) is 3.42. The van der Waals surface area contributed by atoms with Crippen molar-refractivity contribution >= 4 is 11.7 Å². The normalized spacial score (nSPS) is 14.0. The van der Waals surface area contributed by atoms with Gasteiger partial charge in [-0.3, -0.25) is 4.79 Å². The number of aromatic nitrogens is 3. The Bertz CT molecular complexity index is 1150. The fourth-order valence-electron chi connectivity index (χ4n) is 4.11. The maximum atomic E-state index is 13.1. The molecule has 3 heterocycles. The topological polar surface area (TPSA) is 63.1 Å². The van der Waals surface area contributed by atoms with E-state index in [0.29, 0.717) is 29.2 Å². The van der Waals surface area contributed by atoms with Crippen LogP contribution in [0.1, 0.15) is 40.9 Å². The molecule has 1 aliphatic heterocycles. The number of carbonyl (C=O) groups excluding carboxylic acids is 1. The second kappa shape index (κ2) is 9.25. The Labute approximate surface area is 190 Å². The minimum absolute atomic E-state index is 0.0979. The van der Waals surface area contributed by atoms with Gasteiger partial charge in [0.15, 0.2) is 0 Å². The molecule has 0 unspecified atom stereocenters. The van der Waals surface area contributed by atoms with Gasteiger partial charge in [0, 0.05) is 37.1 Å². The highest BCUT2D eigenvalue weighted by molar-refractivity contribution is 5.79. The van der Waals surface area contributed by atoms with E-state index in [1.54, 1.807) is 26.1 Å². The zero-order chi connectivity index (χ0) is 23.6. The zero-order valence-corrected chi connectivity index (χ0v) is 18.6. The van der Waals surface area contributed by atoms with Gasteiger partial charge in [-0.15, -0.1) is 0 Å². The van der Waals surface area contributed by atoms with Crippen molar-refractivity contribution in [2.45, 2.75) is 45.8 Å². The van der Waals surface area contributed by atoms with Gasteiger partial charge >= 0.3 is 6.18 Å². The van der Waals surface area contributed by atoms with Crippen molar-refractivity contribution in [3.8, 4) is 5.69 Å². The van der Waals surface area contributed by atoms with Crippen LogP contribution in [0.3, 0.4) is 0 Å². The summed E-state index contributed by atoms with van der Waals surface area (Å²) in [6.07, 6.45) is -0.259. The Morgan fingerprint density at radius 1 is 1.12 bits per heavy atom. The van der Waals surface area contributed by atoms with Crippen LogP contribution in [-0.2, 0) is 23.9 Å². The maximum Gasteiger partial charge on any atom is 0.416 e. The van der Waals surface area contributed by atoms with Crippen LogP contribution in [0.5, 0.6) is 0 Å². The minimum Gasteiger partial charge on any atom is -0.357 e. The van der Waals surface area contributed by atoms with E-state index >= 15 is 0 Å². The highest BCUT2D eigenvalue weighted by Crippen LogP contribution is 2.31. The van der Waals surface area contributed by atoms with E-state index in [4.69, 9.17) is 0 Å². The van der Waals surface area contributed by atoms with Crippen LogP contribution in [0.25, 0.3) is 5.69 Å². The van der Waals surface area contributed by atoms with Crippen LogP contribution in [0.15, 0.2) is 42.6 Å². The van der Waals surface area contributed by atoms with Crippen molar-refractivity contribution in [3.05, 3.63) is 70.7 Å². The number of nitrogens with one attached hydrogen (secondary N) is 1. The maximum absolute atomic E-state index is 13.1. The molecule has 4 rings (SSSR count). The molecule has 1 saturated heterocycles. The van der Waals surface area contributed by atoms with Gasteiger partial charge in [-0.2, -0.15) is 18.3 Å². The van der Waals surface area contributed by atoms with Crippen LogP contribution < -0.4 is 10.2 Å². The number of aryl methyl sites for hydroxylation is 1. The van der Waals surface area contributed by atoms with Gasteiger partial charge in [-0.25, -0.2) is 9.67 Å². The predicted octanol–water partition coefficient (Wildman–Crippen LogP) is 4.36. The van der Waals surface area contributed by atoms with E-state index in [-0.39, 0.29) is 12.3 Å². The molecule has 2 aromatic heterocycles. The Balaban J connectivity index is 1.44.